The molecule has 13 heavy (non-hydrogen) atoms. The molecule has 0 amide bonds. The lowest BCUT2D eigenvalue weighted by Gasteiger charge is -2.12. The molecule has 5 heteroatoms. The number of rotatable bonds is 2. The average molecular weight is 309 g/mol. The van der Waals surface area contributed by atoms with Crippen molar-refractivity contribution in [1.82, 2.24) is 4.98 Å². The number of nitrogens with two attached hydrogens (primary N) is 2. The third kappa shape index (κ3) is 2.28. The lowest BCUT2D eigenvalue weighted by molar-refractivity contribution is 0.705. The molecule has 1 atom stereocenters. The fraction of sp³-hybridized carbons (Fsp3) is 0.375. The molecule has 0 spiro atoms. The van der Waals surface area contributed by atoms with Gasteiger partial charge in [0.1, 0.15) is 0 Å². The van der Waals surface area contributed by atoms with Crippen LogP contribution in [-0.2, 0) is 0 Å². The molecule has 1 rings (SSSR count). The molecule has 0 aliphatic carbocycles. The van der Waals surface area contributed by atoms with Gasteiger partial charge in [-0.3, -0.25) is 4.98 Å². The zero-order valence-electron chi connectivity index (χ0n) is 7.22. The second kappa shape index (κ2) is 4.50. The summed E-state index contributed by atoms with van der Waals surface area (Å²) in [5.41, 5.74) is 13.1. The number of hydrogen-bond acceptors (Lipinski definition) is 3. The zero-order valence-corrected chi connectivity index (χ0v) is 10.4. The Hall–Kier alpha value is 0.0300. The van der Waals surface area contributed by atoms with Crippen molar-refractivity contribution in [2.45, 2.75) is 13.0 Å². The quantitative estimate of drug-likeness (QED) is 0.876. The van der Waals surface area contributed by atoms with Crippen LogP contribution in [0.2, 0.25) is 0 Å². The Kier molecular flexibility index (Phi) is 3.85. The highest BCUT2D eigenvalue weighted by Crippen LogP contribution is 2.28. The summed E-state index contributed by atoms with van der Waals surface area (Å²) in [4.78, 5) is 4.21. The Morgan fingerprint density at radius 2 is 2.15 bits per heavy atom. The van der Waals surface area contributed by atoms with Crippen molar-refractivity contribution in [3.8, 4) is 0 Å². The van der Waals surface area contributed by atoms with Crippen LogP contribution in [0.15, 0.2) is 15.1 Å². The summed E-state index contributed by atoms with van der Waals surface area (Å²) in [7, 11) is 0. The van der Waals surface area contributed by atoms with Gasteiger partial charge < -0.3 is 11.5 Å². The fourth-order valence-corrected chi connectivity index (χ4v) is 2.12. The molecule has 1 heterocycles. The van der Waals surface area contributed by atoms with Crippen LogP contribution in [0.25, 0.3) is 0 Å². The van der Waals surface area contributed by atoms with Gasteiger partial charge in [0.15, 0.2) is 0 Å². The largest absolute Gasteiger partial charge is 0.329 e. The molecule has 0 saturated carbocycles. The standard InChI is InChI=1S/C8H11Br2N3/c1-4-5(9)3-13-8(7(4)10)6(12)2-11/h3,6H,2,11-12H2,1H3. The summed E-state index contributed by atoms with van der Waals surface area (Å²) in [6, 6.07) is -0.207. The van der Waals surface area contributed by atoms with Crippen molar-refractivity contribution >= 4 is 31.9 Å². The van der Waals surface area contributed by atoms with E-state index < -0.39 is 0 Å². The lowest BCUT2D eigenvalue weighted by atomic mass is 10.1. The molecule has 0 aromatic carbocycles. The molecular weight excluding hydrogens is 298 g/mol. The second-order valence-corrected chi connectivity index (χ2v) is 4.42. The molecule has 1 aromatic rings. The highest BCUT2D eigenvalue weighted by molar-refractivity contribution is 9.11. The molecule has 0 saturated heterocycles. The van der Waals surface area contributed by atoms with Crippen LogP contribution in [0.1, 0.15) is 17.3 Å². The Labute approximate surface area is 94.2 Å². The van der Waals surface area contributed by atoms with Crippen LogP contribution < -0.4 is 11.5 Å². The van der Waals surface area contributed by atoms with E-state index in [0.717, 1.165) is 20.2 Å². The van der Waals surface area contributed by atoms with Crippen molar-refractivity contribution in [1.29, 1.82) is 0 Å². The highest BCUT2D eigenvalue weighted by atomic mass is 79.9. The van der Waals surface area contributed by atoms with Crippen molar-refractivity contribution in [3.63, 3.8) is 0 Å². The molecule has 72 valence electrons. The van der Waals surface area contributed by atoms with Crippen molar-refractivity contribution in [3.05, 3.63) is 26.4 Å². The van der Waals surface area contributed by atoms with E-state index in [9.17, 15) is 0 Å². The molecule has 0 aliphatic rings. The van der Waals surface area contributed by atoms with Crippen molar-refractivity contribution in [2.75, 3.05) is 6.54 Å². The normalized spacial score (nSPS) is 13.0. The first-order valence-corrected chi connectivity index (χ1v) is 5.42. The summed E-state index contributed by atoms with van der Waals surface area (Å²) >= 11 is 6.83. The molecular formula is C8H11Br2N3. The van der Waals surface area contributed by atoms with Gasteiger partial charge in [0.25, 0.3) is 0 Å². The van der Waals surface area contributed by atoms with E-state index >= 15 is 0 Å². The average Bonchev–Trinajstić information content (AvgIpc) is 2.13. The second-order valence-electron chi connectivity index (χ2n) is 2.77. The zero-order chi connectivity index (χ0) is 10.0. The van der Waals surface area contributed by atoms with Gasteiger partial charge >= 0.3 is 0 Å². The maximum atomic E-state index is 5.78. The van der Waals surface area contributed by atoms with E-state index in [4.69, 9.17) is 11.5 Å². The number of halogens is 2. The predicted molar refractivity (Wildman–Crippen MR) is 60.4 cm³/mol. The summed E-state index contributed by atoms with van der Waals surface area (Å²) in [6.07, 6.45) is 1.74. The Balaban J connectivity index is 3.18. The number of hydrogen-bond donors (Lipinski definition) is 2. The van der Waals surface area contributed by atoms with Crippen molar-refractivity contribution in [2.24, 2.45) is 11.5 Å². The van der Waals surface area contributed by atoms with Gasteiger partial charge in [-0.1, -0.05) is 0 Å². The number of pyridine rings is 1. The molecule has 0 aliphatic heterocycles. The summed E-state index contributed by atoms with van der Waals surface area (Å²) < 4.78 is 1.90. The SMILES string of the molecule is Cc1c(Br)cnc(C(N)CN)c1Br. The number of aromatic nitrogens is 1. The monoisotopic (exact) mass is 307 g/mol. The van der Waals surface area contributed by atoms with Crippen LogP contribution in [0.4, 0.5) is 0 Å². The van der Waals surface area contributed by atoms with E-state index in [-0.39, 0.29) is 6.04 Å². The predicted octanol–water partition coefficient (Wildman–Crippen LogP) is 1.87. The molecule has 0 fully saturated rings. The Bertz CT molecular complexity index is 315. The molecule has 3 nitrogen and oxygen atoms in total. The first-order valence-electron chi connectivity index (χ1n) is 3.84. The fourth-order valence-electron chi connectivity index (χ4n) is 0.947. The molecule has 4 N–H and O–H groups in total. The third-order valence-corrected chi connectivity index (χ3v) is 3.63. The van der Waals surface area contributed by atoms with Gasteiger partial charge in [0, 0.05) is 21.7 Å². The van der Waals surface area contributed by atoms with Gasteiger partial charge in [0.05, 0.1) is 11.7 Å². The lowest BCUT2D eigenvalue weighted by Crippen LogP contribution is -2.22. The summed E-state index contributed by atoms with van der Waals surface area (Å²) in [5.74, 6) is 0. The first-order chi connectivity index (χ1) is 6.07. The Morgan fingerprint density at radius 1 is 1.54 bits per heavy atom. The van der Waals surface area contributed by atoms with Crippen molar-refractivity contribution < 1.29 is 0 Å². The molecule has 1 aromatic heterocycles. The highest BCUT2D eigenvalue weighted by Gasteiger charge is 2.12. The minimum atomic E-state index is -0.207. The summed E-state index contributed by atoms with van der Waals surface area (Å²) in [6.45, 7) is 2.38. The van der Waals surface area contributed by atoms with E-state index in [1.807, 2.05) is 6.92 Å². The number of nitrogens with zero attached hydrogens (tertiary/aromatic N) is 1. The van der Waals surface area contributed by atoms with E-state index in [1.54, 1.807) is 6.20 Å². The minimum absolute atomic E-state index is 0.207. The molecule has 1 unspecified atom stereocenters. The third-order valence-electron chi connectivity index (χ3n) is 1.83. The van der Waals surface area contributed by atoms with Crippen LogP contribution in [0.5, 0.6) is 0 Å². The van der Waals surface area contributed by atoms with Gasteiger partial charge in [-0.25, -0.2) is 0 Å². The van der Waals surface area contributed by atoms with Gasteiger partial charge in [-0.2, -0.15) is 0 Å². The topological polar surface area (TPSA) is 64.9 Å². The Morgan fingerprint density at radius 3 is 2.69 bits per heavy atom. The van der Waals surface area contributed by atoms with E-state index in [2.05, 4.69) is 36.8 Å². The van der Waals surface area contributed by atoms with E-state index in [1.165, 1.54) is 0 Å². The maximum Gasteiger partial charge on any atom is 0.0729 e. The smallest absolute Gasteiger partial charge is 0.0729 e. The van der Waals surface area contributed by atoms with E-state index in [0.29, 0.717) is 6.54 Å². The minimum Gasteiger partial charge on any atom is -0.329 e. The summed E-state index contributed by atoms with van der Waals surface area (Å²) in [5, 5.41) is 0. The van der Waals surface area contributed by atoms with Crippen LogP contribution in [0, 0.1) is 6.92 Å². The van der Waals surface area contributed by atoms with Crippen LogP contribution >= 0.6 is 31.9 Å². The van der Waals surface area contributed by atoms with Crippen LogP contribution in [0.3, 0.4) is 0 Å². The van der Waals surface area contributed by atoms with Gasteiger partial charge in [-0.15, -0.1) is 0 Å². The first kappa shape index (κ1) is 11.1. The van der Waals surface area contributed by atoms with Gasteiger partial charge in [-0.05, 0) is 44.3 Å². The molecule has 0 radical (unpaired) electrons. The maximum absolute atomic E-state index is 5.78. The van der Waals surface area contributed by atoms with Gasteiger partial charge in [0.2, 0.25) is 0 Å². The molecule has 0 bridgehead atoms. The van der Waals surface area contributed by atoms with Crippen LogP contribution in [-0.4, -0.2) is 11.5 Å².